The van der Waals surface area contributed by atoms with Crippen molar-refractivity contribution in [3.05, 3.63) is 46.9 Å². The zero-order valence-electron chi connectivity index (χ0n) is 17.0. The minimum Gasteiger partial charge on any atom is -0.493 e. The molecule has 0 unspecified atom stereocenters. The lowest BCUT2D eigenvalue weighted by Crippen LogP contribution is -2.43. The number of fused-ring (bicyclic) bond motifs is 1. The minimum atomic E-state index is -0.174. The van der Waals surface area contributed by atoms with E-state index in [1.54, 1.807) is 6.07 Å². The molecule has 0 spiro atoms. The van der Waals surface area contributed by atoms with Crippen molar-refractivity contribution >= 4 is 16.6 Å². The van der Waals surface area contributed by atoms with Gasteiger partial charge in [-0.3, -0.25) is 9.69 Å². The van der Waals surface area contributed by atoms with Gasteiger partial charge in [-0.1, -0.05) is 13.8 Å². The van der Waals surface area contributed by atoms with Crippen LogP contribution in [0.15, 0.2) is 41.3 Å². The van der Waals surface area contributed by atoms with Crippen LogP contribution in [0.5, 0.6) is 5.75 Å². The van der Waals surface area contributed by atoms with Gasteiger partial charge in [0.2, 0.25) is 0 Å². The first-order valence-electron chi connectivity index (χ1n) is 9.94. The van der Waals surface area contributed by atoms with E-state index in [4.69, 9.17) is 15.2 Å². The topological polar surface area (TPSA) is 96.4 Å². The predicted octanol–water partition coefficient (Wildman–Crippen LogP) is 2.84. The van der Waals surface area contributed by atoms with Crippen LogP contribution in [0.2, 0.25) is 0 Å². The molecule has 0 amide bonds. The highest BCUT2D eigenvalue weighted by atomic mass is 16.5. The van der Waals surface area contributed by atoms with E-state index in [1.807, 2.05) is 24.3 Å². The lowest BCUT2D eigenvalue weighted by Gasteiger charge is -2.34. The second-order valence-electron chi connectivity index (χ2n) is 8.45. The number of anilines is 1. The van der Waals surface area contributed by atoms with Gasteiger partial charge in [-0.25, -0.2) is 0 Å². The first kappa shape index (κ1) is 19.5. The smallest absolute Gasteiger partial charge is 0.257 e. The number of benzene rings is 1. The Hall–Kier alpha value is -2.77. The molecule has 0 bridgehead atoms. The first-order valence-corrected chi connectivity index (χ1v) is 9.94. The van der Waals surface area contributed by atoms with Crippen molar-refractivity contribution < 1.29 is 9.47 Å². The van der Waals surface area contributed by atoms with Gasteiger partial charge in [0.05, 0.1) is 31.1 Å². The normalized spacial score (nSPS) is 15.7. The molecule has 3 heterocycles. The number of nitrogens with one attached hydrogen (secondary N) is 2. The summed E-state index contributed by atoms with van der Waals surface area (Å²) in [6, 6.07) is 9.56. The molecule has 0 aliphatic carbocycles. The predicted molar refractivity (Wildman–Crippen MR) is 115 cm³/mol. The van der Waals surface area contributed by atoms with Crippen molar-refractivity contribution in [1.82, 2.24) is 14.9 Å². The minimum absolute atomic E-state index is 0.0322. The summed E-state index contributed by atoms with van der Waals surface area (Å²) < 4.78 is 11.5. The van der Waals surface area contributed by atoms with Crippen LogP contribution >= 0.6 is 0 Å². The van der Waals surface area contributed by atoms with E-state index in [9.17, 15) is 4.79 Å². The number of rotatable bonds is 6. The lowest BCUT2D eigenvalue weighted by molar-refractivity contribution is 0.0133. The fourth-order valence-electron chi connectivity index (χ4n) is 3.74. The Morgan fingerprint density at radius 1 is 1.21 bits per heavy atom. The number of nitrogens with zero attached hydrogens (tertiary/aromatic N) is 1. The summed E-state index contributed by atoms with van der Waals surface area (Å²) >= 11 is 0. The van der Waals surface area contributed by atoms with Gasteiger partial charge < -0.3 is 25.2 Å². The first-order chi connectivity index (χ1) is 13.9. The number of nitrogens with two attached hydrogens (primary N) is 1. The quantitative estimate of drug-likeness (QED) is 0.595. The van der Waals surface area contributed by atoms with Crippen molar-refractivity contribution in [1.29, 1.82) is 0 Å². The molecular formula is C22H28N4O3. The van der Waals surface area contributed by atoms with E-state index in [0.29, 0.717) is 17.9 Å². The zero-order valence-corrected chi connectivity index (χ0v) is 17.0. The Bertz CT molecular complexity index is 1050. The number of pyridine rings is 1. The van der Waals surface area contributed by atoms with Crippen molar-refractivity contribution in [2.45, 2.75) is 13.8 Å². The average Bonchev–Trinajstić information content (AvgIpc) is 3.12. The van der Waals surface area contributed by atoms with Gasteiger partial charge in [-0.15, -0.1) is 0 Å². The Kier molecular flexibility index (Phi) is 5.34. The molecule has 7 nitrogen and oxygen atoms in total. The molecule has 0 saturated carbocycles. The van der Waals surface area contributed by atoms with Crippen LogP contribution in [-0.2, 0) is 4.74 Å². The number of hydrogen-bond donors (Lipinski definition) is 3. The van der Waals surface area contributed by atoms with Crippen LogP contribution in [-0.4, -0.2) is 54.3 Å². The van der Waals surface area contributed by atoms with Gasteiger partial charge in [0.15, 0.2) is 0 Å². The van der Waals surface area contributed by atoms with Crippen LogP contribution < -0.4 is 16.0 Å². The Morgan fingerprint density at radius 2 is 2.00 bits per heavy atom. The van der Waals surface area contributed by atoms with Crippen LogP contribution in [0.25, 0.3) is 22.2 Å². The summed E-state index contributed by atoms with van der Waals surface area (Å²) in [5, 5.41) is 0.991. The van der Waals surface area contributed by atoms with Gasteiger partial charge in [-0.05, 0) is 30.3 Å². The average molecular weight is 396 g/mol. The van der Waals surface area contributed by atoms with Crippen molar-refractivity contribution in [2.75, 3.05) is 45.2 Å². The van der Waals surface area contributed by atoms with Crippen molar-refractivity contribution in [3.8, 4) is 17.0 Å². The molecular weight excluding hydrogens is 368 g/mol. The van der Waals surface area contributed by atoms with E-state index in [2.05, 4.69) is 28.7 Å². The second-order valence-corrected chi connectivity index (χ2v) is 8.45. The maximum atomic E-state index is 12.1. The molecule has 1 fully saturated rings. The van der Waals surface area contributed by atoms with Crippen molar-refractivity contribution in [2.24, 2.45) is 5.41 Å². The SMILES string of the molecule is CC(C)(COc1ccc2[nH]c(-c3cc(N)c[nH]c3=O)cc2c1)CN1CCOCC1. The van der Waals surface area contributed by atoms with Gasteiger partial charge in [0, 0.05) is 47.8 Å². The summed E-state index contributed by atoms with van der Waals surface area (Å²) in [6.07, 6.45) is 1.50. The number of nitrogen functional groups attached to an aromatic ring is 1. The lowest BCUT2D eigenvalue weighted by atomic mass is 9.94. The van der Waals surface area contributed by atoms with E-state index in [-0.39, 0.29) is 11.0 Å². The number of morpholine rings is 1. The summed E-state index contributed by atoms with van der Waals surface area (Å²) in [7, 11) is 0. The van der Waals surface area contributed by atoms with E-state index < -0.39 is 0 Å². The highest BCUT2D eigenvalue weighted by molar-refractivity contribution is 5.87. The highest BCUT2D eigenvalue weighted by Gasteiger charge is 2.24. The molecule has 1 aliphatic rings. The third-order valence-electron chi connectivity index (χ3n) is 5.19. The Morgan fingerprint density at radius 3 is 2.79 bits per heavy atom. The van der Waals surface area contributed by atoms with Gasteiger partial charge in [0.1, 0.15) is 5.75 Å². The number of H-pyrrole nitrogens is 2. The fraction of sp³-hybridized carbons (Fsp3) is 0.409. The summed E-state index contributed by atoms with van der Waals surface area (Å²) in [5.74, 6) is 0.819. The van der Waals surface area contributed by atoms with Gasteiger partial charge in [0.25, 0.3) is 5.56 Å². The third-order valence-corrected chi connectivity index (χ3v) is 5.19. The van der Waals surface area contributed by atoms with E-state index in [1.165, 1.54) is 6.20 Å². The molecule has 2 aromatic heterocycles. The number of aromatic nitrogens is 2. The van der Waals surface area contributed by atoms with Crippen LogP contribution in [0.1, 0.15) is 13.8 Å². The van der Waals surface area contributed by atoms with Crippen LogP contribution in [0, 0.1) is 5.41 Å². The summed E-state index contributed by atoms with van der Waals surface area (Å²) in [4.78, 5) is 20.5. The van der Waals surface area contributed by atoms with Gasteiger partial charge in [-0.2, -0.15) is 0 Å². The molecule has 1 aromatic carbocycles. The monoisotopic (exact) mass is 396 g/mol. The van der Waals surface area contributed by atoms with Crippen LogP contribution in [0.3, 0.4) is 0 Å². The molecule has 0 radical (unpaired) electrons. The zero-order chi connectivity index (χ0) is 20.4. The summed E-state index contributed by atoms with van der Waals surface area (Å²) in [5.41, 5.74) is 8.40. The molecule has 3 aromatic rings. The molecule has 4 N–H and O–H groups in total. The highest BCUT2D eigenvalue weighted by Crippen LogP contribution is 2.27. The number of ether oxygens (including phenoxy) is 2. The van der Waals surface area contributed by atoms with E-state index in [0.717, 1.165) is 55.2 Å². The van der Waals surface area contributed by atoms with Gasteiger partial charge >= 0.3 is 0 Å². The molecule has 7 heteroatoms. The van der Waals surface area contributed by atoms with Crippen molar-refractivity contribution in [3.63, 3.8) is 0 Å². The number of hydrogen-bond acceptors (Lipinski definition) is 5. The Labute approximate surface area is 169 Å². The standard InChI is InChI=1S/C22H28N4O3/c1-22(2,13-26-5-7-28-8-6-26)14-29-17-3-4-19-15(9-17)10-20(25-19)18-11-16(23)12-24-21(18)27/h3-4,9-12,25H,5-8,13-14,23H2,1-2H3,(H,24,27). The summed E-state index contributed by atoms with van der Waals surface area (Å²) in [6.45, 7) is 9.62. The fourth-order valence-corrected chi connectivity index (χ4v) is 3.74. The second kappa shape index (κ2) is 7.93. The largest absolute Gasteiger partial charge is 0.493 e. The third kappa shape index (κ3) is 4.63. The molecule has 154 valence electrons. The Balaban J connectivity index is 1.47. The molecule has 1 aliphatic heterocycles. The number of aromatic amines is 2. The maximum Gasteiger partial charge on any atom is 0.257 e. The molecule has 1 saturated heterocycles. The molecule has 29 heavy (non-hydrogen) atoms. The molecule has 4 rings (SSSR count). The van der Waals surface area contributed by atoms with Crippen LogP contribution in [0.4, 0.5) is 5.69 Å². The maximum absolute atomic E-state index is 12.1. The molecule has 0 atom stereocenters. The van der Waals surface area contributed by atoms with E-state index >= 15 is 0 Å².